The van der Waals surface area contributed by atoms with Crippen molar-refractivity contribution in [2.24, 2.45) is 4.99 Å². The summed E-state index contributed by atoms with van der Waals surface area (Å²) in [6, 6.07) is 6.68. The zero-order valence-electron chi connectivity index (χ0n) is 18.8. The Kier molecular flexibility index (Phi) is 6.27. The lowest BCUT2D eigenvalue weighted by Crippen LogP contribution is -2.47. The summed E-state index contributed by atoms with van der Waals surface area (Å²) in [5.41, 5.74) is 1.41. The number of aryl methyl sites for hydroxylation is 1. The van der Waals surface area contributed by atoms with Gasteiger partial charge in [-0.1, -0.05) is 0 Å². The van der Waals surface area contributed by atoms with Crippen molar-refractivity contribution >= 4 is 18.0 Å². The van der Waals surface area contributed by atoms with E-state index in [2.05, 4.69) is 15.0 Å². The Morgan fingerprint density at radius 3 is 2.30 bits per heavy atom. The minimum atomic E-state index is -4.38. The number of nitrogens with zero attached hydrogens (tertiary/aromatic N) is 6. The number of piperazine rings is 1. The minimum absolute atomic E-state index is 0.0348. The number of benzene rings is 1. The Hall–Kier alpha value is -3.17. The van der Waals surface area contributed by atoms with Gasteiger partial charge in [-0.2, -0.15) is 18.2 Å². The molecule has 0 atom stereocenters. The molecule has 2 aliphatic rings. The van der Waals surface area contributed by atoms with Crippen LogP contribution in [0, 0.1) is 12.7 Å². The molecule has 0 aliphatic carbocycles. The fourth-order valence-electron chi connectivity index (χ4n) is 3.97. The van der Waals surface area contributed by atoms with Gasteiger partial charge in [0.15, 0.2) is 0 Å². The van der Waals surface area contributed by atoms with E-state index in [1.807, 2.05) is 25.1 Å². The van der Waals surface area contributed by atoms with Crippen molar-refractivity contribution < 1.29 is 17.6 Å². The van der Waals surface area contributed by atoms with Crippen molar-refractivity contribution in [3.05, 3.63) is 47.0 Å². The van der Waals surface area contributed by atoms with Crippen LogP contribution in [0.4, 0.5) is 29.3 Å². The molecule has 176 valence electrons. The number of rotatable bonds is 4. The van der Waals surface area contributed by atoms with Gasteiger partial charge in [0.1, 0.15) is 17.5 Å². The molecule has 1 saturated heterocycles. The molecule has 0 radical (unpaired) electrons. The van der Waals surface area contributed by atoms with E-state index in [-0.39, 0.29) is 18.1 Å². The van der Waals surface area contributed by atoms with Gasteiger partial charge in [-0.05, 0) is 43.5 Å². The van der Waals surface area contributed by atoms with E-state index in [1.165, 1.54) is 6.07 Å². The van der Waals surface area contributed by atoms with Gasteiger partial charge in [0, 0.05) is 58.1 Å². The van der Waals surface area contributed by atoms with E-state index >= 15 is 0 Å². The average molecular weight is 462 g/mol. The molecule has 0 N–H and O–H groups in total. The van der Waals surface area contributed by atoms with Crippen molar-refractivity contribution in [3.8, 4) is 11.3 Å². The molecular formula is C23H26F4N6. The smallest absolute Gasteiger partial charge is 0.353 e. The predicted octanol–water partition coefficient (Wildman–Crippen LogP) is 4.42. The number of allylic oxidation sites excluding steroid dienone is 1. The average Bonchev–Trinajstić information content (AvgIpc) is 2.80. The van der Waals surface area contributed by atoms with Gasteiger partial charge < -0.3 is 14.7 Å². The minimum Gasteiger partial charge on any atom is -0.353 e. The topological polar surface area (TPSA) is 47.9 Å². The molecule has 33 heavy (non-hydrogen) atoms. The molecule has 2 aliphatic heterocycles. The van der Waals surface area contributed by atoms with E-state index in [1.54, 1.807) is 35.1 Å². The summed E-state index contributed by atoms with van der Waals surface area (Å²) in [6.07, 6.45) is -2.55. The van der Waals surface area contributed by atoms with Gasteiger partial charge in [-0.3, -0.25) is 0 Å². The second-order valence-electron chi connectivity index (χ2n) is 8.39. The first-order valence-corrected chi connectivity index (χ1v) is 10.8. The van der Waals surface area contributed by atoms with Crippen LogP contribution in [0.1, 0.15) is 18.4 Å². The van der Waals surface area contributed by atoms with Gasteiger partial charge in [0.2, 0.25) is 5.95 Å². The van der Waals surface area contributed by atoms with Gasteiger partial charge in [0.05, 0.1) is 11.3 Å². The van der Waals surface area contributed by atoms with Crippen LogP contribution >= 0.6 is 0 Å². The highest BCUT2D eigenvalue weighted by molar-refractivity contribution is 5.66. The van der Waals surface area contributed by atoms with Crippen LogP contribution in [0.25, 0.3) is 11.3 Å². The number of hydrogen-bond donors (Lipinski definition) is 0. The van der Waals surface area contributed by atoms with Crippen LogP contribution in [0.5, 0.6) is 0 Å². The molecule has 0 spiro atoms. The Bertz CT molecular complexity index is 1080. The molecule has 0 amide bonds. The van der Waals surface area contributed by atoms with Gasteiger partial charge in [-0.15, -0.1) is 0 Å². The molecule has 2 aromatic rings. The predicted molar refractivity (Wildman–Crippen MR) is 121 cm³/mol. The summed E-state index contributed by atoms with van der Waals surface area (Å²) in [4.78, 5) is 18.8. The molecule has 0 saturated carbocycles. The van der Waals surface area contributed by atoms with Gasteiger partial charge in [0.25, 0.3) is 0 Å². The van der Waals surface area contributed by atoms with Gasteiger partial charge in [-0.25, -0.2) is 14.4 Å². The van der Waals surface area contributed by atoms with Crippen molar-refractivity contribution in [2.45, 2.75) is 25.9 Å². The third kappa shape index (κ3) is 4.94. The summed E-state index contributed by atoms with van der Waals surface area (Å²) in [6.45, 7) is 3.49. The first kappa shape index (κ1) is 23.0. The van der Waals surface area contributed by atoms with Crippen molar-refractivity contribution in [1.82, 2.24) is 14.9 Å². The fraction of sp³-hybridized carbons (Fsp3) is 0.435. The third-order valence-electron chi connectivity index (χ3n) is 5.81. The standard InChI is InChI=1S/C23H26F4N6/c1-15-13-16(6-7-18(15)24)19-14-20(30-22(29-19)31(2)3)32-9-11-33(12-10-32)21-17(23(25,26)27)5-4-8-28-21/h6-8,13-14H,4-5,9-12H2,1-3H3. The van der Waals surface area contributed by atoms with Crippen LogP contribution in [0.3, 0.4) is 0 Å². The fourth-order valence-corrected chi connectivity index (χ4v) is 3.97. The molecule has 4 rings (SSSR count). The quantitative estimate of drug-likeness (QED) is 0.630. The van der Waals surface area contributed by atoms with Crippen LogP contribution in [-0.2, 0) is 0 Å². The summed E-state index contributed by atoms with van der Waals surface area (Å²) >= 11 is 0. The maximum atomic E-state index is 13.7. The van der Waals surface area contributed by atoms with Crippen LogP contribution in [0.15, 0.2) is 40.7 Å². The van der Waals surface area contributed by atoms with E-state index in [9.17, 15) is 17.6 Å². The molecule has 6 nitrogen and oxygen atoms in total. The summed E-state index contributed by atoms with van der Waals surface area (Å²) in [7, 11) is 3.67. The van der Waals surface area contributed by atoms with Crippen molar-refractivity contribution in [1.29, 1.82) is 0 Å². The number of aromatic nitrogens is 2. The maximum absolute atomic E-state index is 13.7. The number of alkyl halides is 3. The molecule has 1 fully saturated rings. The monoisotopic (exact) mass is 462 g/mol. The largest absolute Gasteiger partial charge is 0.416 e. The van der Waals surface area contributed by atoms with Crippen LogP contribution < -0.4 is 9.80 Å². The van der Waals surface area contributed by atoms with E-state index in [0.717, 1.165) is 5.56 Å². The van der Waals surface area contributed by atoms with E-state index in [0.29, 0.717) is 55.6 Å². The Labute approximate surface area is 190 Å². The van der Waals surface area contributed by atoms with Gasteiger partial charge >= 0.3 is 6.18 Å². The molecule has 0 unspecified atom stereocenters. The van der Waals surface area contributed by atoms with Crippen LogP contribution in [0.2, 0.25) is 0 Å². The summed E-state index contributed by atoms with van der Waals surface area (Å²) in [5, 5.41) is 0. The van der Waals surface area contributed by atoms with E-state index < -0.39 is 11.7 Å². The molecular weight excluding hydrogens is 436 g/mol. The number of anilines is 2. The highest BCUT2D eigenvalue weighted by atomic mass is 19.4. The highest BCUT2D eigenvalue weighted by Gasteiger charge is 2.39. The lowest BCUT2D eigenvalue weighted by atomic mass is 10.1. The lowest BCUT2D eigenvalue weighted by Gasteiger charge is -2.38. The second-order valence-corrected chi connectivity index (χ2v) is 8.39. The van der Waals surface area contributed by atoms with Crippen LogP contribution in [-0.4, -0.2) is 67.5 Å². The van der Waals surface area contributed by atoms with Crippen molar-refractivity contribution in [3.63, 3.8) is 0 Å². The van der Waals surface area contributed by atoms with E-state index in [4.69, 9.17) is 0 Å². The number of halogens is 4. The first-order chi connectivity index (χ1) is 15.6. The molecule has 1 aromatic heterocycles. The molecule has 1 aromatic carbocycles. The zero-order valence-corrected chi connectivity index (χ0v) is 18.8. The highest BCUT2D eigenvalue weighted by Crippen LogP contribution is 2.35. The molecule has 3 heterocycles. The Morgan fingerprint density at radius 1 is 0.970 bits per heavy atom. The first-order valence-electron chi connectivity index (χ1n) is 10.8. The summed E-state index contributed by atoms with van der Waals surface area (Å²) in [5.74, 6) is 0.941. The lowest BCUT2D eigenvalue weighted by molar-refractivity contribution is -0.0963. The molecule has 10 heteroatoms. The Morgan fingerprint density at radius 2 is 1.67 bits per heavy atom. The summed E-state index contributed by atoms with van der Waals surface area (Å²) < 4.78 is 54.1. The SMILES string of the molecule is Cc1cc(-c2cc(N3CCN(C4=C(C(F)(F)F)CCC=N4)CC3)nc(N(C)C)n2)ccc1F. The third-order valence-corrected chi connectivity index (χ3v) is 5.81. The number of hydrogen-bond acceptors (Lipinski definition) is 6. The molecule has 0 bridgehead atoms. The second kappa shape index (κ2) is 8.99. The normalized spacial score (nSPS) is 17.1. The van der Waals surface area contributed by atoms with Crippen molar-refractivity contribution in [2.75, 3.05) is 50.1 Å². The zero-order chi connectivity index (χ0) is 23.8. The Balaban J connectivity index is 1.59. The number of aliphatic imine (C=N–C) groups is 1. The maximum Gasteiger partial charge on any atom is 0.416 e.